The fourth-order valence-corrected chi connectivity index (χ4v) is 4.39. The van der Waals surface area contributed by atoms with E-state index in [1.165, 1.54) is 22.6 Å². The van der Waals surface area contributed by atoms with E-state index < -0.39 is 0 Å². The topological polar surface area (TPSA) is 63.7 Å². The van der Waals surface area contributed by atoms with Crippen molar-refractivity contribution >= 4 is 22.9 Å². The molecule has 1 fully saturated rings. The zero-order valence-corrected chi connectivity index (χ0v) is 17.5. The van der Waals surface area contributed by atoms with E-state index in [2.05, 4.69) is 51.6 Å². The van der Waals surface area contributed by atoms with Crippen LogP contribution in [0.15, 0.2) is 54.2 Å². The molecule has 2 aromatic carbocycles. The third-order valence-corrected chi connectivity index (χ3v) is 6.46. The van der Waals surface area contributed by atoms with Crippen LogP contribution in [0.5, 0.6) is 11.5 Å². The molecular formula is C23H23N3O3S. The third kappa shape index (κ3) is 3.73. The van der Waals surface area contributed by atoms with E-state index in [1.807, 2.05) is 13.0 Å². The summed E-state index contributed by atoms with van der Waals surface area (Å²) >= 11 is 1.35. The first-order valence-electron chi connectivity index (χ1n) is 10.1. The Bertz CT molecular complexity index is 1030. The predicted molar refractivity (Wildman–Crippen MR) is 117 cm³/mol. The molecule has 0 spiro atoms. The highest BCUT2D eigenvalue weighted by atomic mass is 32.1. The number of amides is 1. The van der Waals surface area contributed by atoms with Crippen LogP contribution < -0.4 is 19.7 Å². The molecule has 0 bridgehead atoms. The number of anilines is 1. The van der Waals surface area contributed by atoms with Crippen molar-refractivity contribution in [3.05, 3.63) is 70.2 Å². The van der Waals surface area contributed by atoms with Gasteiger partial charge in [0.25, 0.3) is 5.91 Å². The maximum absolute atomic E-state index is 12.2. The van der Waals surface area contributed by atoms with Gasteiger partial charge in [-0.25, -0.2) is 0 Å². The van der Waals surface area contributed by atoms with Gasteiger partial charge in [-0.15, -0.1) is 11.3 Å². The van der Waals surface area contributed by atoms with Crippen molar-refractivity contribution in [1.29, 1.82) is 0 Å². The molecule has 2 aliphatic rings. The molecule has 3 heterocycles. The van der Waals surface area contributed by atoms with Crippen molar-refractivity contribution in [1.82, 2.24) is 10.3 Å². The number of carbonyl (C=O) groups is 1. The average molecular weight is 422 g/mol. The second kappa shape index (κ2) is 7.99. The smallest absolute Gasteiger partial charge is 0.263 e. The lowest BCUT2D eigenvalue weighted by atomic mass is 9.90. The van der Waals surface area contributed by atoms with E-state index in [9.17, 15) is 4.79 Å². The molecule has 2 aliphatic heterocycles. The van der Waals surface area contributed by atoms with Crippen molar-refractivity contribution in [2.75, 3.05) is 31.2 Å². The summed E-state index contributed by atoms with van der Waals surface area (Å²) in [5.74, 6) is 2.09. The predicted octanol–water partition coefficient (Wildman–Crippen LogP) is 4.01. The summed E-state index contributed by atoms with van der Waals surface area (Å²) in [7, 11) is 0. The van der Waals surface area contributed by atoms with E-state index >= 15 is 0 Å². The van der Waals surface area contributed by atoms with Gasteiger partial charge in [0, 0.05) is 30.8 Å². The molecule has 0 unspecified atom stereocenters. The van der Waals surface area contributed by atoms with E-state index in [-0.39, 0.29) is 11.9 Å². The van der Waals surface area contributed by atoms with Crippen molar-refractivity contribution in [2.45, 2.75) is 18.9 Å². The number of carbonyl (C=O) groups excluding carboxylic acids is 1. The zero-order chi connectivity index (χ0) is 20.5. The minimum absolute atomic E-state index is 0.0516. The van der Waals surface area contributed by atoms with Crippen LogP contribution in [-0.2, 0) is 0 Å². The second-order valence-corrected chi connectivity index (χ2v) is 8.54. The van der Waals surface area contributed by atoms with Crippen molar-refractivity contribution in [2.24, 2.45) is 0 Å². The highest BCUT2D eigenvalue weighted by molar-refractivity contribution is 7.11. The molecule has 0 radical (unpaired) electrons. The van der Waals surface area contributed by atoms with Crippen molar-refractivity contribution in [3.8, 4) is 11.5 Å². The number of ether oxygens (including phenoxy) is 2. The number of rotatable bonds is 5. The fourth-order valence-electron chi connectivity index (χ4n) is 3.86. The van der Waals surface area contributed by atoms with E-state index in [4.69, 9.17) is 9.47 Å². The van der Waals surface area contributed by atoms with Gasteiger partial charge in [-0.3, -0.25) is 9.78 Å². The molecule has 7 heteroatoms. The van der Waals surface area contributed by atoms with Gasteiger partial charge in [-0.1, -0.05) is 24.3 Å². The Morgan fingerprint density at radius 1 is 1.13 bits per heavy atom. The maximum atomic E-state index is 12.2. The van der Waals surface area contributed by atoms with Crippen molar-refractivity contribution < 1.29 is 14.3 Å². The molecule has 30 heavy (non-hydrogen) atoms. The minimum atomic E-state index is -0.0804. The van der Waals surface area contributed by atoms with Crippen LogP contribution in [0, 0.1) is 0 Å². The van der Waals surface area contributed by atoms with Gasteiger partial charge < -0.3 is 19.7 Å². The van der Waals surface area contributed by atoms with Gasteiger partial charge in [-0.05, 0) is 30.2 Å². The SMILES string of the molecule is C[C@H](NC(=O)c1cncs1)c1ccc(C2CN(c3ccc4c(c3)OCCO4)C2)cc1. The Morgan fingerprint density at radius 3 is 2.63 bits per heavy atom. The highest BCUT2D eigenvalue weighted by Crippen LogP contribution is 2.38. The molecule has 0 saturated carbocycles. The Hall–Kier alpha value is -3.06. The van der Waals surface area contributed by atoms with Gasteiger partial charge >= 0.3 is 0 Å². The van der Waals surface area contributed by atoms with Crippen LogP contribution in [0.1, 0.15) is 39.7 Å². The number of thiazole rings is 1. The summed E-state index contributed by atoms with van der Waals surface area (Å²) in [6.45, 7) is 5.18. The second-order valence-electron chi connectivity index (χ2n) is 7.66. The summed E-state index contributed by atoms with van der Waals surface area (Å²) in [4.78, 5) is 19.2. The molecule has 154 valence electrons. The van der Waals surface area contributed by atoms with Gasteiger partial charge in [0.05, 0.1) is 17.7 Å². The number of nitrogens with one attached hydrogen (secondary N) is 1. The number of nitrogens with zero attached hydrogens (tertiary/aromatic N) is 2. The Kier molecular flexibility index (Phi) is 5.04. The number of hydrogen-bond acceptors (Lipinski definition) is 6. The van der Waals surface area contributed by atoms with Crippen LogP contribution in [0.4, 0.5) is 5.69 Å². The van der Waals surface area contributed by atoms with Gasteiger partial charge in [0.1, 0.15) is 18.1 Å². The largest absolute Gasteiger partial charge is 0.486 e. The Balaban J connectivity index is 1.18. The lowest BCUT2D eigenvalue weighted by molar-refractivity contribution is 0.0944. The van der Waals surface area contributed by atoms with E-state index in [0.717, 1.165) is 30.2 Å². The standard InChI is InChI=1S/C23H23N3O3S/c1-15(25-23(27)22-11-24-14-30-22)16-2-4-17(5-3-16)18-12-26(13-18)19-6-7-20-21(10-19)29-9-8-28-20/h2-7,10-11,14-15,18H,8-9,12-13H2,1H3,(H,25,27)/t15-/m0/s1. The molecule has 3 aromatic rings. The quantitative estimate of drug-likeness (QED) is 0.674. The lowest BCUT2D eigenvalue weighted by Gasteiger charge is -2.41. The normalized spacial score (nSPS) is 16.6. The fraction of sp³-hybridized carbons (Fsp3) is 0.304. The third-order valence-electron chi connectivity index (χ3n) is 5.68. The first-order valence-corrected chi connectivity index (χ1v) is 11.0. The summed E-state index contributed by atoms with van der Waals surface area (Å²) in [5, 5.41) is 3.03. The summed E-state index contributed by atoms with van der Waals surface area (Å²) < 4.78 is 11.3. The summed E-state index contributed by atoms with van der Waals surface area (Å²) in [6.07, 6.45) is 1.60. The van der Waals surface area contributed by atoms with E-state index in [1.54, 1.807) is 11.7 Å². The van der Waals surface area contributed by atoms with Gasteiger partial charge in [0.2, 0.25) is 0 Å². The van der Waals surface area contributed by atoms with Gasteiger partial charge in [-0.2, -0.15) is 0 Å². The van der Waals surface area contributed by atoms with Crippen molar-refractivity contribution in [3.63, 3.8) is 0 Å². The molecular weight excluding hydrogens is 398 g/mol. The maximum Gasteiger partial charge on any atom is 0.263 e. The highest BCUT2D eigenvalue weighted by Gasteiger charge is 2.29. The summed E-state index contributed by atoms with van der Waals surface area (Å²) in [6, 6.07) is 14.7. The Morgan fingerprint density at radius 2 is 1.90 bits per heavy atom. The van der Waals surface area contributed by atoms with Crippen LogP contribution in [0.3, 0.4) is 0 Å². The first kappa shape index (κ1) is 18.9. The van der Waals surface area contributed by atoms with E-state index in [0.29, 0.717) is 24.0 Å². The van der Waals surface area contributed by atoms with Crippen LogP contribution in [0.25, 0.3) is 0 Å². The zero-order valence-electron chi connectivity index (χ0n) is 16.7. The van der Waals surface area contributed by atoms with Crippen LogP contribution in [-0.4, -0.2) is 37.2 Å². The number of fused-ring (bicyclic) bond motifs is 1. The number of benzene rings is 2. The lowest BCUT2D eigenvalue weighted by Crippen LogP contribution is -2.45. The molecule has 6 nitrogen and oxygen atoms in total. The first-order chi connectivity index (χ1) is 14.7. The Labute approximate surface area is 179 Å². The minimum Gasteiger partial charge on any atom is -0.486 e. The molecule has 1 aromatic heterocycles. The van der Waals surface area contributed by atoms with Gasteiger partial charge in [0.15, 0.2) is 11.5 Å². The average Bonchev–Trinajstić information content (AvgIpc) is 3.28. The number of aromatic nitrogens is 1. The molecule has 1 saturated heterocycles. The summed E-state index contributed by atoms with van der Waals surface area (Å²) in [5.41, 5.74) is 5.26. The molecule has 5 rings (SSSR count). The molecule has 1 atom stereocenters. The number of hydrogen-bond donors (Lipinski definition) is 1. The monoisotopic (exact) mass is 421 g/mol. The molecule has 0 aliphatic carbocycles. The molecule has 1 amide bonds. The molecule has 1 N–H and O–H groups in total. The van der Waals surface area contributed by atoms with Crippen LogP contribution >= 0.6 is 11.3 Å². The van der Waals surface area contributed by atoms with Crippen LogP contribution in [0.2, 0.25) is 0 Å².